The number of carbonyl (C=O) groups excluding carboxylic acids is 1. The van der Waals surface area contributed by atoms with Crippen LogP contribution in [0.4, 0.5) is 0 Å². The number of carbonyl (C=O) groups is 1. The van der Waals surface area contributed by atoms with Crippen LogP contribution in [0.5, 0.6) is 0 Å². The van der Waals surface area contributed by atoms with Gasteiger partial charge in [0.05, 0.1) is 6.10 Å². The molecule has 106 valence electrons. The summed E-state index contributed by atoms with van der Waals surface area (Å²) in [6.45, 7) is 4.92. The van der Waals surface area contributed by atoms with E-state index in [2.05, 4.69) is 19.2 Å². The Bertz CT molecular complexity index is 243. The average Bonchev–Trinajstić information content (AvgIpc) is 2.77. The van der Waals surface area contributed by atoms with Gasteiger partial charge in [-0.25, -0.2) is 0 Å². The second-order valence-electron chi connectivity index (χ2n) is 5.60. The van der Waals surface area contributed by atoms with Crippen LogP contribution in [0.2, 0.25) is 0 Å². The van der Waals surface area contributed by atoms with E-state index < -0.39 is 0 Å². The number of amides is 1. The molecule has 18 heavy (non-hydrogen) atoms. The van der Waals surface area contributed by atoms with Crippen molar-refractivity contribution in [3.63, 3.8) is 0 Å². The predicted molar refractivity (Wildman–Crippen MR) is 74.3 cm³/mol. The fraction of sp³-hybridized carbons (Fsp3) is 0.933. The Morgan fingerprint density at radius 2 is 2.11 bits per heavy atom. The first-order valence-electron chi connectivity index (χ1n) is 7.64. The van der Waals surface area contributed by atoms with E-state index >= 15 is 0 Å². The van der Waals surface area contributed by atoms with E-state index in [1.807, 2.05) is 0 Å². The molecule has 0 spiro atoms. The minimum Gasteiger partial charge on any atom is -0.393 e. The Balaban J connectivity index is 2.24. The van der Waals surface area contributed by atoms with Gasteiger partial charge in [0.2, 0.25) is 5.91 Å². The lowest BCUT2D eigenvalue weighted by Gasteiger charge is -2.19. The van der Waals surface area contributed by atoms with Gasteiger partial charge in [-0.1, -0.05) is 39.5 Å². The fourth-order valence-corrected chi connectivity index (χ4v) is 2.79. The summed E-state index contributed by atoms with van der Waals surface area (Å²) < 4.78 is 0. The van der Waals surface area contributed by atoms with E-state index in [0.717, 1.165) is 38.5 Å². The van der Waals surface area contributed by atoms with Gasteiger partial charge >= 0.3 is 0 Å². The molecule has 0 radical (unpaired) electrons. The number of rotatable bonds is 8. The van der Waals surface area contributed by atoms with Crippen molar-refractivity contribution in [3.05, 3.63) is 0 Å². The number of hydrogen-bond acceptors (Lipinski definition) is 2. The average molecular weight is 255 g/mol. The number of nitrogens with one attached hydrogen (secondary N) is 1. The summed E-state index contributed by atoms with van der Waals surface area (Å²) in [6.07, 6.45) is 8.32. The molecule has 1 amide bonds. The molecule has 0 saturated heterocycles. The highest BCUT2D eigenvalue weighted by atomic mass is 16.3. The summed E-state index contributed by atoms with van der Waals surface area (Å²) in [7, 11) is 0. The first-order chi connectivity index (χ1) is 8.69. The Morgan fingerprint density at radius 3 is 2.67 bits per heavy atom. The minimum absolute atomic E-state index is 0.162. The molecule has 3 unspecified atom stereocenters. The van der Waals surface area contributed by atoms with Crippen LogP contribution in [0, 0.1) is 11.8 Å². The molecule has 0 heterocycles. The van der Waals surface area contributed by atoms with E-state index in [0.29, 0.717) is 6.54 Å². The maximum absolute atomic E-state index is 12.0. The summed E-state index contributed by atoms with van der Waals surface area (Å²) in [5, 5.41) is 12.8. The van der Waals surface area contributed by atoms with Crippen molar-refractivity contribution in [1.29, 1.82) is 0 Å². The minimum atomic E-state index is -0.203. The maximum atomic E-state index is 12.0. The monoisotopic (exact) mass is 255 g/mol. The molecule has 0 aromatic heterocycles. The second-order valence-corrected chi connectivity index (χ2v) is 5.60. The van der Waals surface area contributed by atoms with Gasteiger partial charge in [-0.2, -0.15) is 0 Å². The highest BCUT2D eigenvalue weighted by molar-refractivity contribution is 5.78. The number of aliphatic hydroxyl groups is 1. The van der Waals surface area contributed by atoms with Crippen molar-refractivity contribution < 1.29 is 9.90 Å². The molecular weight excluding hydrogens is 226 g/mol. The topological polar surface area (TPSA) is 49.3 Å². The molecule has 2 N–H and O–H groups in total. The Morgan fingerprint density at radius 1 is 1.33 bits per heavy atom. The van der Waals surface area contributed by atoms with E-state index in [4.69, 9.17) is 0 Å². The molecule has 0 aliphatic heterocycles. The zero-order chi connectivity index (χ0) is 13.4. The molecule has 3 heteroatoms. The van der Waals surface area contributed by atoms with Crippen LogP contribution in [-0.2, 0) is 4.79 Å². The summed E-state index contributed by atoms with van der Waals surface area (Å²) in [6, 6.07) is 0. The normalized spacial score (nSPS) is 25.1. The zero-order valence-electron chi connectivity index (χ0n) is 12.0. The zero-order valence-corrected chi connectivity index (χ0v) is 12.0. The van der Waals surface area contributed by atoms with Crippen LogP contribution in [-0.4, -0.2) is 23.7 Å². The van der Waals surface area contributed by atoms with Gasteiger partial charge in [0.15, 0.2) is 0 Å². The quantitative estimate of drug-likeness (QED) is 0.655. The third-order valence-electron chi connectivity index (χ3n) is 4.18. The van der Waals surface area contributed by atoms with Crippen molar-refractivity contribution in [3.8, 4) is 0 Å². The Hall–Kier alpha value is -0.570. The third kappa shape index (κ3) is 4.97. The molecule has 1 fully saturated rings. The molecule has 1 saturated carbocycles. The molecule has 3 nitrogen and oxygen atoms in total. The summed E-state index contributed by atoms with van der Waals surface area (Å²) in [5.41, 5.74) is 0. The van der Waals surface area contributed by atoms with Crippen LogP contribution in [0.3, 0.4) is 0 Å². The smallest absolute Gasteiger partial charge is 0.223 e. The molecule has 3 atom stereocenters. The fourth-order valence-electron chi connectivity index (χ4n) is 2.79. The summed E-state index contributed by atoms with van der Waals surface area (Å²) in [4.78, 5) is 12.0. The van der Waals surface area contributed by atoms with Crippen molar-refractivity contribution in [1.82, 2.24) is 5.32 Å². The van der Waals surface area contributed by atoms with Crippen LogP contribution < -0.4 is 5.32 Å². The van der Waals surface area contributed by atoms with Gasteiger partial charge in [-0.3, -0.25) is 4.79 Å². The van der Waals surface area contributed by atoms with Crippen LogP contribution in [0.1, 0.15) is 65.2 Å². The lowest BCUT2D eigenvalue weighted by atomic mass is 9.97. The van der Waals surface area contributed by atoms with Crippen molar-refractivity contribution in [2.45, 2.75) is 71.3 Å². The van der Waals surface area contributed by atoms with E-state index in [1.165, 1.54) is 12.8 Å². The first kappa shape index (κ1) is 15.5. The molecule has 1 aliphatic carbocycles. The number of unbranched alkanes of at least 4 members (excludes halogenated alkanes) is 2. The van der Waals surface area contributed by atoms with E-state index in [-0.39, 0.29) is 23.8 Å². The van der Waals surface area contributed by atoms with Crippen LogP contribution in [0.25, 0.3) is 0 Å². The maximum Gasteiger partial charge on any atom is 0.223 e. The van der Waals surface area contributed by atoms with Gasteiger partial charge in [0, 0.05) is 18.4 Å². The van der Waals surface area contributed by atoms with Crippen molar-refractivity contribution in [2.75, 3.05) is 6.54 Å². The predicted octanol–water partition coefficient (Wildman–Crippen LogP) is 2.87. The number of hydrogen-bond donors (Lipinski definition) is 2. The van der Waals surface area contributed by atoms with Gasteiger partial charge < -0.3 is 10.4 Å². The highest BCUT2D eigenvalue weighted by Gasteiger charge is 2.26. The Kier molecular flexibility index (Phi) is 7.33. The van der Waals surface area contributed by atoms with Crippen LogP contribution in [0.15, 0.2) is 0 Å². The SMILES string of the molecule is CCCCCC(CC)C(=O)NCC1CCCC1O. The second kappa shape index (κ2) is 8.52. The van der Waals surface area contributed by atoms with Crippen molar-refractivity contribution in [2.24, 2.45) is 11.8 Å². The first-order valence-corrected chi connectivity index (χ1v) is 7.64. The standard InChI is InChI=1S/C15H29NO2/c1-3-5-6-8-12(4-2)15(18)16-11-13-9-7-10-14(13)17/h12-14,17H,3-11H2,1-2H3,(H,16,18). The highest BCUT2D eigenvalue weighted by Crippen LogP contribution is 2.25. The Labute approximate surface area is 111 Å². The molecule has 1 rings (SSSR count). The van der Waals surface area contributed by atoms with Crippen molar-refractivity contribution >= 4 is 5.91 Å². The van der Waals surface area contributed by atoms with Crippen LogP contribution >= 0.6 is 0 Å². The lowest BCUT2D eigenvalue weighted by Crippen LogP contribution is -2.36. The molecule has 0 aromatic carbocycles. The van der Waals surface area contributed by atoms with Gasteiger partial charge in [-0.05, 0) is 25.7 Å². The largest absolute Gasteiger partial charge is 0.393 e. The molecular formula is C15H29NO2. The lowest BCUT2D eigenvalue weighted by molar-refractivity contribution is -0.125. The molecule has 0 aromatic rings. The van der Waals surface area contributed by atoms with Gasteiger partial charge in [-0.15, -0.1) is 0 Å². The van der Waals surface area contributed by atoms with Gasteiger partial charge in [0.1, 0.15) is 0 Å². The summed E-state index contributed by atoms with van der Waals surface area (Å²) >= 11 is 0. The number of aliphatic hydroxyl groups excluding tert-OH is 1. The molecule has 1 aliphatic rings. The van der Waals surface area contributed by atoms with E-state index in [1.54, 1.807) is 0 Å². The summed E-state index contributed by atoms with van der Waals surface area (Å²) in [5.74, 6) is 0.630. The molecule has 0 bridgehead atoms. The van der Waals surface area contributed by atoms with E-state index in [9.17, 15) is 9.90 Å². The van der Waals surface area contributed by atoms with Gasteiger partial charge in [0.25, 0.3) is 0 Å². The third-order valence-corrected chi connectivity index (χ3v) is 4.18.